The van der Waals surface area contributed by atoms with Gasteiger partial charge in [-0.05, 0) is 25.5 Å². The van der Waals surface area contributed by atoms with Crippen LogP contribution in [0.25, 0.3) is 0 Å². The van der Waals surface area contributed by atoms with Gasteiger partial charge in [-0.2, -0.15) is 0 Å². The van der Waals surface area contributed by atoms with Crippen molar-refractivity contribution in [1.29, 1.82) is 0 Å². The molecule has 7 heteroatoms. The third-order valence-corrected chi connectivity index (χ3v) is 2.95. The number of nitrogens with zero attached hydrogens (tertiary/aromatic N) is 1. The molecule has 0 amide bonds. The maximum atomic E-state index is 13.0. The van der Waals surface area contributed by atoms with E-state index in [2.05, 4.69) is 15.6 Å². The van der Waals surface area contributed by atoms with Gasteiger partial charge in [-0.15, -0.1) is 0 Å². The Hall–Kier alpha value is -1.86. The molecule has 6 nitrogen and oxygen atoms in total. The average molecular weight is 341 g/mol. The normalized spacial score (nSPS) is 11.4. The van der Waals surface area contributed by atoms with Gasteiger partial charge in [0.1, 0.15) is 18.2 Å². The molecule has 0 atom stereocenters. The van der Waals surface area contributed by atoms with Crippen LogP contribution in [0.1, 0.15) is 13.3 Å². The maximum absolute atomic E-state index is 13.0. The molecule has 136 valence electrons. The summed E-state index contributed by atoms with van der Waals surface area (Å²) in [7, 11) is 1.65. The van der Waals surface area contributed by atoms with E-state index in [1.165, 1.54) is 12.1 Å². The molecule has 0 aliphatic heterocycles. The minimum atomic E-state index is -0.303. The standard InChI is InChI=1S/C17H28FN3O3/c1-3-19-17(20-8-5-10-23-13-12-22-2)21-9-11-24-16-7-4-6-15(18)14-16/h4,6-7,14H,3,5,8-13H2,1-2H3,(H2,19,20,21). The summed E-state index contributed by atoms with van der Waals surface area (Å²) < 4.78 is 28.8. The summed E-state index contributed by atoms with van der Waals surface area (Å²) in [6.45, 7) is 6.34. The second kappa shape index (κ2) is 13.6. The second-order valence-corrected chi connectivity index (χ2v) is 4.95. The molecule has 2 N–H and O–H groups in total. The summed E-state index contributed by atoms with van der Waals surface area (Å²) in [4.78, 5) is 4.46. The molecule has 1 aromatic rings. The first-order chi connectivity index (χ1) is 11.8. The largest absolute Gasteiger partial charge is 0.492 e. The molecule has 0 aliphatic rings. The van der Waals surface area contributed by atoms with Gasteiger partial charge in [0.2, 0.25) is 0 Å². The zero-order valence-corrected chi connectivity index (χ0v) is 14.5. The summed E-state index contributed by atoms with van der Waals surface area (Å²) in [5, 5.41) is 6.34. The average Bonchev–Trinajstić information content (AvgIpc) is 2.58. The van der Waals surface area contributed by atoms with Crippen molar-refractivity contribution in [2.45, 2.75) is 13.3 Å². The minimum absolute atomic E-state index is 0.303. The number of methoxy groups -OCH3 is 1. The van der Waals surface area contributed by atoms with Crippen LogP contribution in [-0.2, 0) is 9.47 Å². The first kappa shape index (κ1) is 20.2. The molecule has 0 saturated carbocycles. The number of guanidine groups is 1. The van der Waals surface area contributed by atoms with Gasteiger partial charge < -0.3 is 24.8 Å². The highest BCUT2D eigenvalue weighted by molar-refractivity contribution is 5.79. The molecule has 0 aromatic heterocycles. The molecule has 1 rings (SSSR count). The van der Waals surface area contributed by atoms with E-state index in [-0.39, 0.29) is 5.82 Å². The minimum Gasteiger partial charge on any atom is -0.492 e. The van der Waals surface area contributed by atoms with Crippen LogP contribution >= 0.6 is 0 Å². The van der Waals surface area contributed by atoms with Crippen LogP contribution in [0.4, 0.5) is 4.39 Å². The first-order valence-corrected chi connectivity index (χ1v) is 8.23. The Labute approximate surface area is 143 Å². The van der Waals surface area contributed by atoms with Crippen molar-refractivity contribution in [3.63, 3.8) is 0 Å². The number of rotatable bonds is 12. The van der Waals surface area contributed by atoms with Gasteiger partial charge in [0.15, 0.2) is 5.96 Å². The second-order valence-electron chi connectivity index (χ2n) is 4.95. The zero-order valence-electron chi connectivity index (χ0n) is 14.5. The monoisotopic (exact) mass is 341 g/mol. The molecule has 1 aromatic carbocycles. The fourth-order valence-corrected chi connectivity index (χ4v) is 1.84. The molecule has 0 radical (unpaired) electrons. The Morgan fingerprint density at radius 1 is 1.17 bits per heavy atom. The highest BCUT2D eigenvalue weighted by Gasteiger charge is 1.99. The van der Waals surface area contributed by atoms with Gasteiger partial charge in [0.05, 0.1) is 19.8 Å². The van der Waals surface area contributed by atoms with E-state index in [1.807, 2.05) is 6.92 Å². The topological polar surface area (TPSA) is 64.1 Å². The van der Waals surface area contributed by atoms with E-state index in [0.717, 1.165) is 18.9 Å². The smallest absolute Gasteiger partial charge is 0.191 e. The lowest BCUT2D eigenvalue weighted by Gasteiger charge is -2.12. The Bertz CT molecular complexity index is 472. The molecular weight excluding hydrogens is 313 g/mol. The third kappa shape index (κ3) is 10.0. The fourth-order valence-electron chi connectivity index (χ4n) is 1.84. The summed E-state index contributed by atoms with van der Waals surface area (Å²) in [5.74, 6) is 0.951. The summed E-state index contributed by atoms with van der Waals surface area (Å²) in [5.41, 5.74) is 0. The van der Waals surface area contributed by atoms with Gasteiger partial charge in [-0.3, -0.25) is 4.99 Å². The van der Waals surface area contributed by atoms with E-state index in [9.17, 15) is 4.39 Å². The highest BCUT2D eigenvalue weighted by Crippen LogP contribution is 2.11. The number of hydrogen-bond donors (Lipinski definition) is 2. The Morgan fingerprint density at radius 2 is 2.04 bits per heavy atom. The predicted octanol–water partition coefficient (Wildman–Crippen LogP) is 1.81. The molecular formula is C17H28FN3O3. The Morgan fingerprint density at radius 3 is 2.79 bits per heavy atom. The molecule has 0 bridgehead atoms. The van der Waals surface area contributed by atoms with Crippen LogP contribution < -0.4 is 15.4 Å². The summed E-state index contributed by atoms with van der Waals surface area (Å²) >= 11 is 0. The van der Waals surface area contributed by atoms with E-state index in [1.54, 1.807) is 19.2 Å². The molecule has 0 unspecified atom stereocenters. The molecule has 0 heterocycles. The number of halogens is 1. The lowest BCUT2D eigenvalue weighted by Crippen LogP contribution is -2.39. The van der Waals surface area contributed by atoms with Gasteiger partial charge in [-0.25, -0.2) is 4.39 Å². The van der Waals surface area contributed by atoms with Gasteiger partial charge in [-0.1, -0.05) is 6.07 Å². The zero-order chi connectivity index (χ0) is 17.5. The van der Waals surface area contributed by atoms with Crippen molar-refractivity contribution in [3.05, 3.63) is 30.1 Å². The van der Waals surface area contributed by atoms with Crippen LogP contribution in [0.15, 0.2) is 29.3 Å². The number of aliphatic imine (C=N–C) groups is 1. The van der Waals surface area contributed by atoms with Crippen LogP contribution in [0.3, 0.4) is 0 Å². The van der Waals surface area contributed by atoms with Crippen molar-refractivity contribution in [3.8, 4) is 5.75 Å². The van der Waals surface area contributed by atoms with E-state index < -0.39 is 0 Å². The maximum Gasteiger partial charge on any atom is 0.191 e. The van der Waals surface area contributed by atoms with Crippen molar-refractivity contribution >= 4 is 5.96 Å². The number of benzene rings is 1. The predicted molar refractivity (Wildman–Crippen MR) is 93.2 cm³/mol. The van der Waals surface area contributed by atoms with Crippen molar-refractivity contribution in [2.24, 2.45) is 4.99 Å². The fraction of sp³-hybridized carbons (Fsp3) is 0.588. The third-order valence-electron chi connectivity index (χ3n) is 2.95. The first-order valence-electron chi connectivity index (χ1n) is 8.23. The molecule has 0 aliphatic carbocycles. The Balaban J connectivity index is 2.18. The lowest BCUT2D eigenvalue weighted by molar-refractivity contribution is 0.0702. The number of nitrogens with one attached hydrogen (secondary N) is 2. The molecule has 0 fully saturated rings. The number of ether oxygens (including phenoxy) is 3. The van der Waals surface area contributed by atoms with E-state index >= 15 is 0 Å². The van der Waals surface area contributed by atoms with Crippen LogP contribution in [0, 0.1) is 5.82 Å². The SMILES string of the molecule is CCNC(=NCCCOCCOC)NCCOc1cccc(F)c1. The Kier molecular flexibility index (Phi) is 11.4. The quantitative estimate of drug-likeness (QED) is 0.345. The van der Waals surface area contributed by atoms with Crippen molar-refractivity contribution in [1.82, 2.24) is 10.6 Å². The van der Waals surface area contributed by atoms with Gasteiger partial charge in [0, 0.05) is 32.9 Å². The molecule has 0 spiro atoms. The van der Waals surface area contributed by atoms with Gasteiger partial charge >= 0.3 is 0 Å². The van der Waals surface area contributed by atoms with Crippen LogP contribution in [-0.4, -0.2) is 59.1 Å². The lowest BCUT2D eigenvalue weighted by atomic mass is 10.3. The molecule has 0 saturated heterocycles. The summed E-state index contributed by atoms with van der Waals surface area (Å²) in [6, 6.07) is 6.10. The van der Waals surface area contributed by atoms with E-state index in [4.69, 9.17) is 14.2 Å². The van der Waals surface area contributed by atoms with Crippen molar-refractivity contribution in [2.75, 3.05) is 53.2 Å². The van der Waals surface area contributed by atoms with Crippen LogP contribution in [0.2, 0.25) is 0 Å². The number of hydrogen-bond acceptors (Lipinski definition) is 4. The summed E-state index contributed by atoms with van der Waals surface area (Å²) in [6.07, 6.45) is 0.847. The van der Waals surface area contributed by atoms with Crippen molar-refractivity contribution < 1.29 is 18.6 Å². The van der Waals surface area contributed by atoms with Crippen LogP contribution in [0.5, 0.6) is 5.75 Å². The highest BCUT2D eigenvalue weighted by atomic mass is 19.1. The van der Waals surface area contributed by atoms with Gasteiger partial charge in [0.25, 0.3) is 0 Å². The molecule has 24 heavy (non-hydrogen) atoms. The van der Waals surface area contributed by atoms with E-state index in [0.29, 0.717) is 45.3 Å².